The van der Waals surface area contributed by atoms with E-state index in [-0.39, 0.29) is 17.2 Å². The van der Waals surface area contributed by atoms with E-state index in [4.69, 9.17) is 4.42 Å². The van der Waals surface area contributed by atoms with Crippen LogP contribution in [-0.2, 0) is 27.7 Å². The molecular formula is C24H26N2O4S. The molecule has 6 nitrogen and oxygen atoms in total. The molecule has 1 atom stereocenters. The second-order valence-corrected chi connectivity index (χ2v) is 9.67. The van der Waals surface area contributed by atoms with E-state index in [1.54, 1.807) is 30.5 Å². The monoisotopic (exact) mass is 438 g/mol. The van der Waals surface area contributed by atoms with Gasteiger partial charge in [-0.15, -0.1) is 0 Å². The van der Waals surface area contributed by atoms with Crippen LogP contribution in [-0.4, -0.2) is 31.7 Å². The summed E-state index contributed by atoms with van der Waals surface area (Å²) in [5.41, 5.74) is 2.98. The summed E-state index contributed by atoms with van der Waals surface area (Å²) < 4.78 is 33.7. The molecule has 1 amide bonds. The standard InChI is InChI=1S/C24H26N2O4S/c1-18-8-10-21(11-9-18)31(28,29)26-15-13-19-5-2-3-7-22(19)23(26)17-24(27)25-14-12-20-6-4-16-30-20/h2-11,16,23H,12-15,17H2,1H3,(H,25,27). The Labute approximate surface area is 182 Å². The first kappa shape index (κ1) is 21.3. The fourth-order valence-corrected chi connectivity index (χ4v) is 5.61. The van der Waals surface area contributed by atoms with Gasteiger partial charge in [0.05, 0.1) is 17.2 Å². The molecule has 1 aliphatic heterocycles. The number of fused-ring (bicyclic) bond motifs is 1. The van der Waals surface area contributed by atoms with Gasteiger partial charge in [0.2, 0.25) is 15.9 Å². The maximum Gasteiger partial charge on any atom is 0.243 e. The van der Waals surface area contributed by atoms with Crippen LogP contribution in [0.25, 0.3) is 0 Å². The molecule has 3 aromatic rings. The van der Waals surface area contributed by atoms with Gasteiger partial charge in [-0.05, 0) is 48.7 Å². The molecule has 0 fully saturated rings. The highest BCUT2D eigenvalue weighted by Crippen LogP contribution is 2.36. The van der Waals surface area contributed by atoms with E-state index < -0.39 is 16.1 Å². The van der Waals surface area contributed by atoms with E-state index in [0.29, 0.717) is 25.9 Å². The number of benzene rings is 2. The minimum Gasteiger partial charge on any atom is -0.469 e. The van der Waals surface area contributed by atoms with E-state index in [1.165, 1.54) is 4.31 Å². The second-order valence-electron chi connectivity index (χ2n) is 7.78. The van der Waals surface area contributed by atoms with Crippen LogP contribution >= 0.6 is 0 Å². The Bertz CT molecular complexity index is 1140. The van der Waals surface area contributed by atoms with E-state index >= 15 is 0 Å². The molecular weight excluding hydrogens is 412 g/mol. The predicted molar refractivity (Wildman–Crippen MR) is 118 cm³/mol. The lowest BCUT2D eigenvalue weighted by Gasteiger charge is -2.36. The number of nitrogens with one attached hydrogen (secondary N) is 1. The largest absolute Gasteiger partial charge is 0.469 e. The highest BCUT2D eigenvalue weighted by Gasteiger charge is 2.37. The number of amides is 1. The molecule has 162 valence electrons. The minimum absolute atomic E-state index is 0.0697. The van der Waals surface area contributed by atoms with Crippen LogP contribution in [0, 0.1) is 6.92 Å². The molecule has 2 heterocycles. The Morgan fingerprint density at radius 2 is 1.87 bits per heavy atom. The molecule has 0 radical (unpaired) electrons. The van der Waals surface area contributed by atoms with Gasteiger partial charge in [0.25, 0.3) is 0 Å². The summed E-state index contributed by atoms with van der Waals surface area (Å²) in [6, 6.07) is 17.7. The Balaban J connectivity index is 1.56. The van der Waals surface area contributed by atoms with Crippen LogP contribution in [0.5, 0.6) is 0 Å². The maximum atomic E-state index is 13.5. The number of sulfonamides is 1. The number of hydrogen-bond acceptors (Lipinski definition) is 4. The molecule has 7 heteroatoms. The number of nitrogens with zero attached hydrogens (tertiary/aromatic N) is 1. The first-order valence-electron chi connectivity index (χ1n) is 10.4. The van der Waals surface area contributed by atoms with Crippen LogP contribution in [0.15, 0.2) is 76.2 Å². The normalized spacial score (nSPS) is 16.6. The van der Waals surface area contributed by atoms with E-state index in [0.717, 1.165) is 22.5 Å². The zero-order valence-electron chi connectivity index (χ0n) is 17.5. The van der Waals surface area contributed by atoms with E-state index in [1.807, 2.05) is 43.3 Å². The lowest BCUT2D eigenvalue weighted by Crippen LogP contribution is -2.42. The maximum absolute atomic E-state index is 13.5. The van der Waals surface area contributed by atoms with Crippen molar-refractivity contribution in [3.05, 3.63) is 89.4 Å². The van der Waals surface area contributed by atoms with Crippen molar-refractivity contribution in [1.29, 1.82) is 0 Å². The number of hydrogen-bond donors (Lipinski definition) is 1. The summed E-state index contributed by atoms with van der Waals surface area (Å²) in [7, 11) is -3.73. The number of rotatable bonds is 7. The third kappa shape index (κ3) is 4.73. The van der Waals surface area contributed by atoms with Crippen LogP contribution in [0.1, 0.15) is 34.9 Å². The van der Waals surface area contributed by atoms with Crippen molar-refractivity contribution in [2.45, 2.75) is 37.1 Å². The van der Waals surface area contributed by atoms with Crippen molar-refractivity contribution in [2.24, 2.45) is 0 Å². The first-order chi connectivity index (χ1) is 14.9. The fraction of sp³-hybridized carbons (Fsp3) is 0.292. The van der Waals surface area contributed by atoms with Gasteiger partial charge < -0.3 is 9.73 Å². The quantitative estimate of drug-likeness (QED) is 0.611. The molecule has 1 aromatic heterocycles. The summed E-state index contributed by atoms with van der Waals surface area (Å²) >= 11 is 0. The second kappa shape index (κ2) is 9.08. The zero-order chi connectivity index (χ0) is 21.8. The predicted octanol–water partition coefficient (Wildman–Crippen LogP) is 3.63. The first-order valence-corrected chi connectivity index (χ1v) is 11.8. The Morgan fingerprint density at radius 1 is 1.10 bits per heavy atom. The molecule has 4 rings (SSSR count). The minimum atomic E-state index is -3.73. The molecule has 31 heavy (non-hydrogen) atoms. The van der Waals surface area contributed by atoms with Crippen LogP contribution < -0.4 is 5.32 Å². The van der Waals surface area contributed by atoms with Crippen LogP contribution in [0.4, 0.5) is 0 Å². The Hall–Kier alpha value is -2.90. The lowest BCUT2D eigenvalue weighted by molar-refractivity contribution is -0.122. The van der Waals surface area contributed by atoms with Gasteiger partial charge in [-0.1, -0.05) is 42.0 Å². The molecule has 1 N–H and O–H groups in total. The van der Waals surface area contributed by atoms with Crippen molar-refractivity contribution in [1.82, 2.24) is 9.62 Å². The van der Waals surface area contributed by atoms with Crippen molar-refractivity contribution >= 4 is 15.9 Å². The molecule has 1 unspecified atom stereocenters. The molecule has 2 aromatic carbocycles. The van der Waals surface area contributed by atoms with Gasteiger partial charge in [0.1, 0.15) is 5.76 Å². The van der Waals surface area contributed by atoms with E-state index in [9.17, 15) is 13.2 Å². The molecule has 0 saturated heterocycles. The van der Waals surface area contributed by atoms with Crippen LogP contribution in [0.2, 0.25) is 0 Å². The van der Waals surface area contributed by atoms with Crippen molar-refractivity contribution in [2.75, 3.05) is 13.1 Å². The highest BCUT2D eigenvalue weighted by molar-refractivity contribution is 7.89. The van der Waals surface area contributed by atoms with Gasteiger partial charge >= 0.3 is 0 Å². The topological polar surface area (TPSA) is 79.6 Å². The molecule has 0 spiro atoms. The summed E-state index contributed by atoms with van der Waals surface area (Å²) in [4.78, 5) is 13.0. The summed E-state index contributed by atoms with van der Waals surface area (Å²) in [6.45, 7) is 2.70. The summed E-state index contributed by atoms with van der Waals surface area (Å²) in [6.07, 6.45) is 2.88. The third-order valence-corrected chi connectivity index (χ3v) is 7.57. The Kier molecular flexibility index (Phi) is 6.25. The smallest absolute Gasteiger partial charge is 0.243 e. The zero-order valence-corrected chi connectivity index (χ0v) is 18.3. The van der Waals surface area contributed by atoms with Crippen molar-refractivity contribution in [3.8, 4) is 0 Å². The number of carbonyl (C=O) groups excluding carboxylic acids is 1. The molecule has 0 saturated carbocycles. The average molecular weight is 439 g/mol. The van der Waals surface area contributed by atoms with Crippen molar-refractivity contribution < 1.29 is 17.6 Å². The summed E-state index contributed by atoms with van der Waals surface area (Å²) in [5, 5.41) is 2.90. The highest BCUT2D eigenvalue weighted by atomic mass is 32.2. The number of aryl methyl sites for hydroxylation is 1. The fourth-order valence-electron chi connectivity index (χ4n) is 4.00. The van der Waals surface area contributed by atoms with Gasteiger partial charge in [-0.25, -0.2) is 8.42 Å². The molecule has 0 aliphatic carbocycles. The van der Waals surface area contributed by atoms with Gasteiger partial charge in [-0.2, -0.15) is 4.31 Å². The van der Waals surface area contributed by atoms with Crippen molar-refractivity contribution in [3.63, 3.8) is 0 Å². The van der Waals surface area contributed by atoms with Crippen LogP contribution in [0.3, 0.4) is 0 Å². The number of carbonyl (C=O) groups is 1. The third-order valence-electron chi connectivity index (χ3n) is 5.64. The van der Waals surface area contributed by atoms with Gasteiger partial charge in [-0.3, -0.25) is 4.79 Å². The Morgan fingerprint density at radius 3 is 2.61 bits per heavy atom. The molecule has 0 bridgehead atoms. The van der Waals surface area contributed by atoms with E-state index in [2.05, 4.69) is 5.32 Å². The summed E-state index contributed by atoms with van der Waals surface area (Å²) in [5.74, 6) is 0.615. The lowest BCUT2D eigenvalue weighted by atomic mass is 9.92. The molecule has 1 aliphatic rings. The SMILES string of the molecule is Cc1ccc(S(=O)(=O)N2CCc3ccccc3C2CC(=O)NCCc2ccco2)cc1. The van der Waals surface area contributed by atoms with Gasteiger partial charge in [0.15, 0.2) is 0 Å². The van der Waals surface area contributed by atoms with Gasteiger partial charge in [0, 0.05) is 25.9 Å². The number of furan rings is 1. The average Bonchev–Trinajstić information content (AvgIpc) is 3.27.